The number of aromatic amines is 1. The van der Waals surface area contributed by atoms with Crippen molar-refractivity contribution in [2.75, 3.05) is 6.61 Å². The van der Waals surface area contributed by atoms with E-state index in [0.717, 1.165) is 31.2 Å². The lowest BCUT2D eigenvalue weighted by atomic mass is 9.70. The number of aliphatic hydroxyl groups excluding tert-OH is 1. The zero-order valence-electron chi connectivity index (χ0n) is 16.2. The first kappa shape index (κ1) is 18.1. The maximum absolute atomic E-state index is 13.4. The molecule has 5 rings (SSSR count). The van der Waals surface area contributed by atoms with Crippen molar-refractivity contribution in [1.82, 2.24) is 20.1 Å². The van der Waals surface area contributed by atoms with Gasteiger partial charge in [-0.1, -0.05) is 42.5 Å². The van der Waals surface area contributed by atoms with Gasteiger partial charge in [0.2, 0.25) is 0 Å². The van der Waals surface area contributed by atoms with Crippen LogP contribution >= 0.6 is 0 Å². The molecule has 3 aromatic rings. The van der Waals surface area contributed by atoms with E-state index < -0.39 is 0 Å². The minimum absolute atomic E-state index is 0.0602. The number of hydrogen-bond acceptors (Lipinski definition) is 4. The number of carbonyl (C=O) groups is 1. The monoisotopic (exact) mass is 388 g/mol. The Morgan fingerprint density at radius 3 is 2.62 bits per heavy atom. The van der Waals surface area contributed by atoms with Crippen molar-refractivity contribution >= 4 is 5.91 Å². The predicted octanol–water partition coefficient (Wildman–Crippen LogP) is 3.07. The molecule has 3 heterocycles. The second-order valence-corrected chi connectivity index (χ2v) is 8.26. The number of carbonyl (C=O) groups excluding carboxylic acids is 1. The highest BCUT2D eigenvalue weighted by Crippen LogP contribution is 2.51. The summed E-state index contributed by atoms with van der Waals surface area (Å²) in [4.78, 5) is 19.6. The van der Waals surface area contributed by atoms with Crippen LogP contribution in [0.1, 0.15) is 35.2 Å². The quantitative estimate of drug-likeness (QED) is 0.704. The maximum atomic E-state index is 13.4. The van der Waals surface area contributed by atoms with E-state index in [4.69, 9.17) is 0 Å². The third-order valence-corrected chi connectivity index (χ3v) is 6.62. The van der Waals surface area contributed by atoms with E-state index in [9.17, 15) is 9.90 Å². The molecule has 3 atom stereocenters. The molecule has 2 N–H and O–H groups in total. The molecule has 6 heteroatoms. The molecule has 2 aromatic carbocycles. The van der Waals surface area contributed by atoms with Gasteiger partial charge in [0.1, 0.15) is 6.33 Å². The number of nitrogens with zero attached hydrogens (tertiary/aromatic N) is 3. The van der Waals surface area contributed by atoms with E-state index in [0.29, 0.717) is 11.4 Å². The molecule has 2 bridgehead atoms. The molecular weight excluding hydrogens is 364 g/mol. The summed E-state index contributed by atoms with van der Waals surface area (Å²) >= 11 is 0. The highest BCUT2D eigenvalue weighted by atomic mass is 16.3. The van der Waals surface area contributed by atoms with Gasteiger partial charge >= 0.3 is 0 Å². The Kier molecular flexibility index (Phi) is 4.43. The second-order valence-electron chi connectivity index (χ2n) is 8.26. The number of nitrogens with one attached hydrogen (secondary N) is 1. The van der Waals surface area contributed by atoms with Crippen molar-refractivity contribution < 1.29 is 9.90 Å². The van der Waals surface area contributed by atoms with Crippen molar-refractivity contribution in [2.24, 2.45) is 5.41 Å². The van der Waals surface area contributed by atoms with Crippen LogP contribution in [0.3, 0.4) is 0 Å². The van der Waals surface area contributed by atoms with E-state index in [2.05, 4.69) is 27.3 Å². The molecule has 0 aliphatic carbocycles. The number of fused-ring (bicyclic) bond motifs is 2. The summed E-state index contributed by atoms with van der Waals surface area (Å²) in [6.45, 7) is 0.108. The molecule has 148 valence electrons. The van der Waals surface area contributed by atoms with Crippen molar-refractivity contribution in [3.63, 3.8) is 0 Å². The molecule has 2 saturated heterocycles. The van der Waals surface area contributed by atoms with Crippen LogP contribution in [0, 0.1) is 5.41 Å². The Hall–Kier alpha value is -2.99. The maximum Gasteiger partial charge on any atom is 0.254 e. The van der Waals surface area contributed by atoms with E-state index >= 15 is 0 Å². The molecule has 6 nitrogen and oxygen atoms in total. The Labute approximate surface area is 169 Å². The summed E-state index contributed by atoms with van der Waals surface area (Å²) < 4.78 is 0. The van der Waals surface area contributed by atoms with Crippen LogP contribution in [0.4, 0.5) is 0 Å². The zero-order chi connectivity index (χ0) is 19.8. The molecule has 0 unspecified atom stereocenters. The standard InChI is InChI=1S/C23H24N4O2/c28-14-23(12-16-4-2-1-3-5-16)13-19-10-11-20(23)27(19)22(29)18-8-6-17(7-9-18)21-24-15-25-26-21/h1-9,15,19-20,28H,10-14H2,(H,24,25,26)/t19-,20+,23-/m1/s1. The van der Waals surface area contributed by atoms with Gasteiger partial charge in [-0.3, -0.25) is 9.89 Å². The zero-order valence-corrected chi connectivity index (χ0v) is 16.2. The first-order chi connectivity index (χ1) is 14.2. The summed E-state index contributed by atoms with van der Waals surface area (Å²) in [6, 6.07) is 18.1. The number of aliphatic hydroxyl groups is 1. The first-order valence-corrected chi connectivity index (χ1v) is 10.1. The third kappa shape index (κ3) is 3.04. The number of benzene rings is 2. The fourth-order valence-corrected chi connectivity index (χ4v) is 5.28. The average molecular weight is 388 g/mol. The predicted molar refractivity (Wildman–Crippen MR) is 109 cm³/mol. The first-order valence-electron chi connectivity index (χ1n) is 10.1. The van der Waals surface area contributed by atoms with E-state index in [1.165, 1.54) is 11.9 Å². The van der Waals surface area contributed by atoms with Crippen molar-refractivity contribution in [2.45, 2.75) is 37.8 Å². The second kappa shape index (κ2) is 7.12. The lowest BCUT2D eigenvalue weighted by Crippen LogP contribution is -2.43. The molecule has 1 amide bonds. The highest BCUT2D eigenvalue weighted by molar-refractivity contribution is 5.95. The van der Waals surface area contributed by atoms with Crippen LogP contribution < -0.4 is 0 Å². The Morgan fingerprint density at radius 1 is 1.14 bits per heavy atom. The van der Waals surface area contributed by atoms with E-state index in [1.54, 1.807) is 0 Å². The summed E-state index contributed by atoms with van der Waals surface area (Å²) in [5, 5.41) is 17.1. The van der Waals surface area contributed by atoms with Crippen molar-refractivity contribution in [1.29, 1.82) is 0 Å². The third-order valence-electron chi connectivity index (χ3n) is 6.62. The van der Waals surface area contributed by atoms with Gasteiger partial charge in [-0.2, -0.15) is 5.10 Å². The Bertz CT molecular complexity index is 987. The normalized spacial score (nSPS) is 25.5. The lowest BCUT2D eigenvalue weighted by molar-refractivity contribution is 0.0571. The molecule has 0 radical (unpaired) electrons. The number of H-pyrrole nitrogens is 1. The van der Waals surface area contributed by atoms with Crippen LogP contribution in [0.5, 0.6) is 0 Å². The SMILES string of the molecule is O=C(c1ccc(-c2ncn[nH]2)cc1)N1[C@@H]2CC[C@H]1[C@](CO)(Cc1ccccc1)C2. The molecular formula is C23H24N4O2. The molecule has 2 aliphatic rings. The lowest BCUT2D eigenvalue weighted by Gasteiger charge is -2.36. The van der Waals surface area contributed by atoms with Gasteiger partial charge in [-0.05, 0) is 43.4 Å². The van der Waals surface area contributed by atoms with E-state index in [1.807, 2.05) is 47.4 Å². The number of amides is 1. The van der Waals surface area contributed by atoms with Crippen LogP contribution in [0.15, 0.2) is 60.9 Å². The van der Waals surface area contributed by atoms with Gasteiger partial charge in [0, 0.05) is 28.6 Å². The Morgan fingerprint density at radius 2 is 1.93 bits per heavy atom. The summed E-state index contributed by atoms with van der Waals surface area (Å²) in [6.07, 6.45) is 5.12. The minimum Gasteiger partial charge on any atom is -0.396 e. The fraction of sp³-hybridized carbons (Fsp3) is 0.348. The fourth-order valence-electron chi connectivity index (χ4n) is 5.28. The van der Waals surface area contributed by atoms with Crippen molar-refractivity contribution in [3.8, 4) is 11.4 Å². The number of hydrogen-bond donors (Lipinski definition) is 2. The molecule has 0 spiro atoms. The molecule has 2 fully saturated rings. The van der Waals surface area contributed by atoms with Crippen molar-refractivity contribution in [3.05, 3.63) is 72.1 Å². The van der Waals surface area contributed by atoms with Crippen LogP contribution in [-0.4, -0.2) is 49.8 Å². The average Bonchev–Trinajstić information content (AvgIpc) is 3.50. The molecule has 0 saturated carbocycles. The van der Waals surface area contributed by atoms with Gasteiger partial charge in [0.25, 0.3) is 5.91 Å². The smallest absolute Gasteiger partial charge is 0.254 e. The Balaban J connectivity index is 1.39. The van der Waals surface area contributed by atoms with Crippen LogP contribution in [0.25, 0.3) is 11.4 Å². The van der Waals surface area contributed by atoms with E-state index in [-0.39, 0.29) is 30.0 Å². The van der Waals surface area contributed by atoms with Crippen LogP contribution in [-0.2, 0) is 6.42 Å². The summed E-state index contributed by atoms with van der Waals surface area (Å²) in [7, 11) is 0. The largest absolute Gasteiger partial charge is 0.396 e. The van der Waals surface area contributed by atoms with Gasteiger partial charge in [-0.15, -0.1) is 0 Å². The molecule has 29 heavy (non-hydrogen) atoms. The van der Waals surface area contributed by atoms with Gasteiger partial charge in [0.05, 0.1) is 6.61 Å². The van der Waals surface area contributed by atoms with Gasteiger partial charge < -0.3 is 10.0 Å². The molecule has 1 aromatic heterocycles. The van der Waals surface area contributed by atoms with Gasteiger partial charge in [-0.25, -0.2) is 4.98 Å². The van der Waals surface area contributed by atoms with Crippen LogP contribution in [0.2, 0.25) is 0 Å². The minimum atomic E-state index is -0.250. The number of rotatable bonds is 5. The summed E-state index contributed by atoms with van der Waals surface area (Å²) in [5.74, 6) is 0.748. The topological polar surface area (TPSA) is 82.1 Å². The summed E-state index contributed by atoms with van der Waals surface area (Å²) in [5.41, 5.74) is 2.55. The molecule has 2 aliphatic heterocycles. The highest BCUT2D eigenvalue weighted by Gasteiger charge is 2.57. The number of aromatic nitrogens is 3. The van der Waals surface area contributed by atoms with Gasteiger partial charge in [0.15, 0.2) is 5.82 Å².